The zero-order chi connectivity index (χ0) is 18.9. The molecule has 10 nitrogen and oxygen atoms in total. The molecule has 1 fully saturated rings. The van der Waals surface area contributed by atoms with Crippen LogP contribution in [0.15, 0.2) is 59.5 Å². The second-order valence-electron chi connectivity index (χ2n) is 6.56. The molecule has 28 heavy (non-hydrogen) atoms. The van der Waals surface area contributed by atoms with Crippen LogP contribution in [-0.2, 0) is 6.54 Å². The van der Waals surface area contributed by atoms with Gasteiger partial charge in [-0.25, -0.2) is 4.68 Å². The third-order valence-corrected chi connectivity index (χ3v) is 4.64. The van der Waals surface area contributed by atoms with Crippen LogP contribution in [0.4, 0.5) is 0 Å². The van der Waals surface area contributed by atoms with Gasteiger partial charge in [-0.1, -0.05) is 40.7 Å². The Morgan fingerprint density at radius 3 is 2.71 bits per heavy atom. The van der Waals surface area contributed by atoms with E-state index in [4.69, 9.17) is 4.52 Å². The maximum atomic E-state index is 12.6. The molecule has 0 spiro atoms. The average Bonchev–Trinajstić information content (AvgIpc) is 3.44. The van der Waals surface area contributed by atoms with Crippen LogP contribution in [-0.4, -0.2) is 59.0 Å². The van der Waals surface area contributed by atoms with Gasteiger partial charge in [-0.2, -0.15) is 15.0 Å². The van der Waals surface area contributed by atoms with E-state index in [1.807, 2.05) is 36.5 Å². The van der Waals surface area contributed by atoms with E-state index in [0.717, 1.165) is 11.3 Å². The molecule has 5 rings (SSSR count). The average molecular weight is 376 g/mol. The van der Waals surface area contributed by atoms with Gasteiger partial charge in [0.25, 0.3) is 5.91 Å². The summed E-state index contributed by atoms with van der Waals surface area (Å²) in [4.78, 5) is 15.9. The third-order valence-electron chi connectivity index (χ3n) is 4.64. The van der Waals surface area contributed by atoms with Gasteiger partial charge in [0, 0.05) is 24.7 Å². The van der Waals surface area contributed by atoms with Crippen LogP contribution >= 0.6 is 0 Å². The van der Waals surface area contributed by atoms with Crippen LogP contribution in [0.1, 0.15) is 22.2 Å². The SMILES string of the molecule is O=C(c1cc(-c2ccccc2)on1)N1CC(n2cc(Cn3nccn3)nn2)C1. The van der Waals surface area contributed by atoms with Crippen molar-refractivity contribution in [2.75, 3.05) is 13.1 Å². The summed E-state index contributed by atoms with van der Waals surface area (Å²) >= 11 is 0. The van der Waals surface area contributed by atoms with Gasteiger partial charge in [-0.05, 0) is 0 Å². The second kappa shape index (κ2) is 6.72. The van der Waals surface area contributed by atoms with Gasteiger partial charge >= 0.3 is 0 Å². The van der Waals surface area contributed by atoms with Crippen molar-refractivity contribution in [1.82, 2.24) is 40.0 Å². The number of amides is 1. The van der Waals surface area contributed by atoms with Crippen molar-refractivity contribution >= 4 is 5.91 Å². The Kier molecular flexibility index (Phi) is 3.93. The Morgan fingerprint density at radius 1 is 1.14 bits per heavy atom. The number of benzene rings is 1. The zero-order valence-electron chi connectivity index (χ0n) is 14.8. The number of hydrogen-bond acceptors (Lipinski definition) is 7. The molecule has 0 radical (unpaired) electrons. The lowest BCUT2D eigenvalue weighted by molar-refractivity contribution is 0.0488. The van der Waals surface area contributed by atoms with Gasteiger partial charge in [0.15, 0.2) is 11.5 Å². The number of carbonyl (C=O) groups is 1. The van der Waals surface area contributed by atoms with E-state index in [-0.39, 0.29) is 11.9 Å². The van der Waals surface area contributed by atoms with Crippen molar-refractivity contribution in [2.45, 2.75) is 12.6 Å². The first-order chi connectivity index (χ1) is 13.8. The molecular formula is C18H16N8O2. The lowest BCUT2D eigenvalue weighted by atomic mass is 10.1. The first-order valence-corrected chi connectivity index (χ1v) is 8.82. The fourth-order valence-electron chi connectivity index (χ4n) is 3.10. The maximum absolute atomic E-state index is 12.6. The van der Waals surface area contributed by atoms with Crippen LogP contribution in [0.3, 0.4) is 0 Å². The topological polar surface area (TPSA) is 108 Å². The van der Waals surface area contributed by atoms with Crippen molar-refractivity contribution in [2.24, 2.45) is 0 Å². The highest BCUT2D eigenvalue weighted by atomic mass is 16.5. The molecule has 0 saturated carbocycles. The molecule has 0 bridgehead atoms. The van der Waals surface area contributed by atoms with Crippen molar-refractivity contribution in [3.05, 3.63) is 66.4 Å². The molecule has 1 aliphatic rings. The van der Waals surface area contributed by atoms with Gasteiger partial charge in [-0.15, -0.1) is 5.10 Å². The number of nitrogens with zero attached hydrogens (tertiary/aromatic N) is 8. The molecule has 0 unspecified atom stereocenters. The number of rotatable bonds is 5. The summed E-state index contributed by atoms with van der Waals surface area (Å²) < 4.78 is 7.09. The Labute approximate surface area is 159 Å². The quantitative estimate of drug-likeness (QED) is 0.516. The van der Waals surface area contributed by atoms with Gasteiger partial charge in [0.2, 0.25) is 0 Å². The summed E-state index contributed by atoms with van der Waals surface area (Å²) in [6.07, 6.45) is 5.10. The molecule has 0 aliphatic carbocycles. The summed E-state index contributed by atoms with van der Waals surface area (Å²) in [6.45, 7) is 1.56. The molecule has 3 aromatic heterocycles. The molecule has 1 amide bonds. The number of aromatic nitrogens is 7. The zero-order valence-corrected chi connectivity index (χ0v) is 14.8. The molecule has 0 N–H and O–H groups in total. The standard InChI is InChI=1S/C18H16N8O2/c27-18(16-8-17(28-22-16)13-4-2-1-3-5-13)24-11-15(12-24)25-9-14(21-23-25)10-26-19-6-7-20-26/h1-9,15H,10-12H2. The van der Waals surface area contributed by atoms with Crippen molar-refractivity contribution in [3.63, 3.8) is 0 Å². The highest BCUT2D eigenvalue weighted by Crippen LogP contribution is 2.25. The van der Waals surface area contributed by atoms with Crippen LogP contribution in [0.5, 0.6) is 0 Å². The van der Waals surface area contributed by atoms with E-state index in [0.29, 0.717) is 31.1 Å². The fraction of sp³-hybridized carbons (Fsp3) is 0.222. The maximum Gasteiger partial charge on any atom is 0.276 e. The summed E-state index contributed by atoms with van der Waals surface area (Å²) in [5.74, 6) is 0.428. The van der Waals surface area contributed by atoms with E-state index >= 15 is 0 Å². The predicted molar refractivity (Wildman–Crippen MR) is 96.0 cm³/mol. The van der Waals surface area contributed by atoms with Gasteiger partial charge < -0.3 is 9.42 Å². The highest BCUT2D eigenvalue weighted by Gasteiger charge is 2.34. The van der Waals surface area contributed by atoms with Gasteiger partial charge in [0.1, 0.15) is 12.2 Å². The van der Waals surface area contributed by atoms with E-state index in [9.17, 15) is 4.79 Å². The normalized spacial score (nSPS) is 14.2. The largest absolute Gasteiger partial charge is 0.355 e. The van der Waals surface area contributed by atoms with Crippen LogP contribution in [0, 0.1) is 0 Å². The predicted octanol–water partition coefficient (Wildman–Crippen LogP) is 1.27. The summed E-state index contributed by atoms with van der Waals surface area (Å²) in [6, 6.07) is 11.3. The van der Waals surface area contributed by atoms with Crippen molar-refractivity contribution in [3.8, 4) is 11.3 Å². The van der Waals surface area contributed by atoms with Crippen molar-refractivity contribution in [1.29, 1.82) is 0 Å². The minimum atomic E-state index is -0.150. The fourth-order valence-corrected chi connectivity index (χ4v) is 3.10. The lowest BCUT2D eigenvalue weighted by Gasteiger charge is -2.38. The van der Waals surface area contributed by atoms with E-state index < -0.39 is 0 Å². The molecule has 1 aliphatic heterocycles. The summed E-state index contributed by atoms with van der Waals surface area (Å²) in [5.41, 5.74) is 1.96. The van der Waals surface area contributed by atoms with Gasteiger partial charge in [-0.3, -0.25) is 4.79 Å². The Hall–Kier alpha value is -3.82. The minimum absolute atomic E-state index is 0.0938. The second-order valence-corrected chi connectivity index (χ2v) is 6.56. The number of hydrogen-bond donors (Lipinski definition) is 0. The molecular weight excluding hydrogens is 360 g/mol. The summed E-state index contributed by atoms with van der Waals surface area (Å²) in [7, 11) is 0. The lowest BCUT2D eigenvalue weighted by Crippen LogP contribution is -2.51. The van der Waals surface area contributed by atoms with Crippen LogP contribution in [0.2, 0.25) is 0 Å². The van der Waals surface area contributed by atoms with Crippen molar-refractivity contribution < 1.29 is 9.32 Å². The molecule has 1 saturated heterocycles. The molecule has 4 aromatic rings. The Morgan fingerprint density at radius 2 is 1.93 bits per heavy atom. The molecule has 140 valence electrons. The Bertz CT molecular complexity index is 1080. The minimum Gasteiger partial charge on any atom is -0.355 e. The van der Waals surface area contributed by atoms with E-state index in [1.165, 1.54) is 0 Å². The van der Waals surface area contributed by atoms with Gasteiger partial charge in [0.05, 0.1) is 24.6 Å². The number of likely N-dealkylation sites (tertiary alicyclic amines) is 1. The first kappa shape index (κ1) is 16.4. The smallest absolute Gasteiger partial charge is 0.276 e. The van der Waals surface area contributed by atoms with E-state index in [1.54, 1.807) is 32.8 Å². The number of carbonyl (C=O) groups excluding carboxylic acids is 1. The highest BCUT2D eigenvalue weighted by molar-refractivity contribution is 5.93. The van der Waals surface area contributed by atoms with Crippen LogP contribution in [0.25, 0.3) is 11.3 Å². The summed E-state index contributed by atoms with van der Waals surface area (Å²) in [5, 5.41) is 20.3. The molecule has 4 heterocycles. The molecule has 1 aromatic carbocycles. The Balaban J connectivity index is 1.21. The monoisotopic (exact) mass is 376 g/mol. The van der Waals surface area contributed by atoms with E-state index in [2.05, 4.69) is 25.7 Å². The molecule has 10 heteroatoms. The first-order valence-electron chi connectivity index (χ1n) is 8.82. The third kappa shape index (κ3) is 3.04. The molecule has 0 atom stereocenters. The van der Waals surface area contributed by atoms with Crippen LogP contribution < -0.4 is 0 Å².